The number of nitrogen functional groups attached to an aromatic ring is 1. The van der Waals surface area contributed by atoms with E-state index >= 15 is 0 Å². The van der Waals surface area contributed by atoms with E-state index < -0.39 is 5.82 Å². The number of piperidine rings is 1. The smallest absolute Gasteiger partial charge is 0.322 e. The van der Waals surface area contributed by atoms with E-state index in [1.165, 1.54) is 25.0 Å². The summed E-state index contributed by atoms with van der Waals surface area (Å²) in [6.07, 6.45) is 3.91. The number of rotatable bonds is 4. The molecule has 0 unspecified atom stereocenters. The van der Waals surface area contributed by atoms with Crippen LogP contribution in [0.1, 0.15) is 18.5 Å². The van der Waals surface area contributed by atoms with Gasteiger partial charge in [0.2, 0.25) is 0 Å². The van der Waals surface area contributed by atoms with Gasteiger partial charge in [-0.15, -0.1) is 0 Å². The Morgan fingerprint density at radius 3 is 2.65 bits per heavy atom. The van der Waals surface area contributed by atoms with Gasteiger partial charge in [-0.1, -0.05) is 0 Å². The molecule has 5 rings (SSSR count). The molecule has 160 valence electrons. The van der Waals surface area contributed by atoms with Crippen molar-refractivity contribution in [2.45, 2.75) is 19.8 Å². The summed E-state index contributed by atoms with van der Waals surface area (Å²) >= 11 is 0. The van der Waals surface area contributed by atoms with Crippen molar-refractivity contribution >= 4 is 11.6 Å². The molecule has 2 aromatic heterocycles. The maximum absolute atomic E-state index is 14.7. The van der Waals surface area contributed by atoms with Crippen LogP contribution in [0.5, 0.6) is 11.8 Å². The molecule has 2 aliphatic rings. The van der Waals surface area contributed by atoms with Gasteiger partial charge in [0, 0.05) is 42.0 Å². The molecule has 2 fully saturated rings. The Labute approximate surface area is 179 Å². The lowest BCUT2D eigenvalue weighted by atomic mass is 9.72. The van der Waals surface area contributed by atoms with Gasteiger partial charge in [0.05, 0.1) is 0 Å². The summed E-state index contributed by atoms with van der Waals surface area (Å²) in [6.45, 7) is 5.86. The van der Waals surface area contributed by atoms with Gasteiger partial charge < -0.3 is 20.7 Å². The van der Waals surface area contributed by atoms with Gasteiger partial charge in [-0.05, 0) is 57.1 Å². The second kappa shape index (κ2) is 7.73. The molecule has 2 aliphatic heterocycles. The summed E-state index contributed by atoms with van der Waals surface area (Å²) < 4.78 is 20.2. The minimum absolute atomic E-state index is 0.0362. The van der Waals surface area contributed by atoms with Gasteiger partial charge >= 0.3 is 6.01 Å². The van der Waals surface area contributed by atoms with Crippen molar-refractivity contribution in [1.82, 2.24) is 25.3 Å². The first kappa shape index (κ1) is 19.6. The summed E-state index contributed by atoms with van der Waals surface area (Å²) in [7, 11) is 0. The van der Waals surface area contributed by atoms with E-state index in [2.05, 4.69) is 30.2 Å². The molecule has 4 heterocycles. The van der Waals surface area contributed by atoms with Crippen LogP contribution in [0, 0.1) is 18.2 Å². The predicted molar refractivity (Wildman–Crippen MR) is 115 cm³/mol. The topological polar surface area (TPSA) is 102 Å². The molecule has 31 heavy (non-hydrogen) atoms. The number of nitrogens with one attached hydrogen (secondary N) is 1. The highest BCUT2D eigenvalue weighted by Gasteiger charge is 2.44. The van der Waals surface area contributed by atoms with Crippen molar-refractivity contribution in [3.05, 3.63) is 48.0 Å². The van der Waals surface area contributed by atoms with Crippen LogP contribution >= 0.6 is 0 Å². The maximum Gasteiger partial charge on any atom is 0.322 e. The van der Waals surface area contributed by atoms with Crippen molar-refractivity contribution in [3.63, 3.8) is 0 Å². The van der Waals surface area contributed by atoms with Crippen LogP contribution in [0.4, 0.5) is 16.0 Å². The largest absolute Gasteiger partial charge is 0.421 e. The quantitative estimate of drug-likeness (QED) is 0.663. The third-order valence-electron chi connectivity index (χ3n) is 5.94. The SMILES string of the molecule is Cc1ccnc(Oc2ccc(-c3nc(N)cc(N4CC5(CCNCC5)C4)n3)cc2F)n1. The zero-order valence-electron chi connectivity index (χ0n) is 17.3. The summed E-state index contributed by atoms with van der Waals surface area (Å²) in [6, 6.07) is 8.19. The highest BCUT2D eigenvalue weighted by Crippen LogP contribution is 2.41. The van der Waals surface area contributed by atoms with E-state index in [1.807, 2.05) is 6.92 Å². The lowest BCUT2D eigenvalue weighted by Crippen LogP contribution is -2.60. The fourth-order valence-corrected chi connectivity index (χ4v) is 4.24. The average Bonchev–Trinajstić information content (AvgIpc) is 2.73. The Morgan fingerprint density at radius 2 is 1.90 bits per heavy atom. The van der Waals surface area contributed by atoms with Gasteiger partial charge in [-0.2, -0.15) is 0 Å². The van der Waals surface area contributed by atoms with Gasteiger partial charge in [-0.25, -0.2) is 24.3 Å². The number of ether oxygens (including phenoxy) is 1. The Kier molecular flexibility index (Phi) is 4.90. The third-order valence-corrected chi connectivity index (χ3v) is 5.94. The average molecular weight is 421 g/mol. The van der Waals surface area contributed by atoms with Crippen LogP contribution in [0.15, 0.2) is 36.5 Å². The minimum atomic E-state index is -0.548. The molecule has 1 aromatic carbocycles. The Morgan fingerprint density at radius 1 is 1.10 bits per heavy atom. The van der Waals surface area contributed by atoms with E-state index in [4.69, 9.17) is 10.5 Å². The zero-order chi connectivity index (χ0) is 21.4. The number of halogens is 1. The first-order valence-electron chi connectivity index (χ1n) is 10.4. The van der Waals surface area contributed by atoms with Crippen molar-refractivity contribution < 1.29 is 9.13 Å². The van der Waals surface area contributed by atoms with Gasteiger partial charge in [-0.3, -0.25) is 0 Å². The van der Waals surface area contributed by atoms with Crippen LogP contribution in [-0.2, 0) is 0 Å². The standard InChI is InChI=1S/C22H24FN7O/c1-14-4-7-26-21(27-14)31-17-3-2-15(10-16(17)23)20-28-18(24)11-19(29-20)30-12-22(13-30)5-8-25-9-6-22/h2-4,7,10-11,25H,5-6,8-9,12-13H2,1H3,(H2,24,28,29). The van der Waals surface area contributed by atoms with Crippen LogP contribution in [-0.4, -0.2) is 46.1 Å². The molecule has 1 spiro atoms. The monoisotopic (exact) mass is 421 g/mol. The van der Waals surface area contributed by atoms with Crippen LogP contribution < -0.4 is 20.7 Å². The molecule has 2 saturated heterocycles. The number of benzene rings is 1. The first-order chi connectivity index (χ1) is 15.0. The molecule has 9 heteroatoms. The molecular weight excluding hydrogens is 397 g/mol. The highest BCUT2D eigenvalue weighted by atomic mass is 19.1. The highest BCUT2D eigenvalue weighted by molar-refractivity contribution is 5.62. The van der Waals surface area contributed by atoms with Gasteiger partial charge in [0.25, 0.3) is 0 Å². The molecule has 0 aliphatic carbocycles. The van der Waals surface area contributed by atoms with Gasteiger partial charge in [0.15, 0.2) is 17.4 Å². The summed E-state index contributed by atoms with van der Waals surface area (Å²) in [5, 5.41) is 3.41. The summed E-state index contributed by atoms with van der Waals surface area (Å²) in [5.74, 6) is 1.01. The number of hydrogen-bond acceptors (Lipinski definition) is 8. The van der Waals surface area contributed by atoms with E-state index in [0.717, 1.165) is 37.7 Å². The number of aromatic nitrogens is 4. The number of hydrogen-bond donors (Lipinski definition) is 2. The van der Waals surface area contributed by atoms with Crippen molar-refractivity contribution in [2.75, 3.05) is 36.8 Å². The van der Waals surface area contributed by atoms with E-state index in [0.29, 0.717) is 22.6 Å². The predicted octanol–water partition coefficient (Wildman–Crippen LogP) is 2.95. The lowest BCUT2D eigenvalue weighted by molar-refractivity contribution is 0.149. The molecule has 0 radical (unpaired) electrons. The van der Waals surface area contributed by atoms with Crippen LogP contribution in [0.2, 0.25) is 0 Å². The maximum atomic E-state index is 14.7. The second-order valence-corrected chi connectivity index (χ2v) is 8.31. The fourth-order valence-electron chi connectivity index (χ4n) is 4.24. The van der Waals surface area contributed by atoms with Crippen LogP contribution in [0.3, 0.4) is 0 Å². The molecule has 0 atom stereocenters. The van der Waals surface area contributed by atoms with Crippen molar-refractivity contribution in [2.24, 2.45) is 5.41 Å². The zero-order valence-corrected chi connectivity index (χ0v) is 17.3. The molecule has 0 saturated carbocycles. The Bertz CT molecular complexity index is 1110. The first-order valence-corrected chi connectivity index (χ1v) is 10.4. The second-order valence-electron chi connectivity index (χ2n) is 8.31. The van der Waals surface area contributed by atoms with Gasteiger partial charge in [0.1, 0.15) is 11.6 Å². The molecular formula is C22H24FN7O. The Hall–Kier alpha value is -3.33. The molecule has 3 N–H and O–H groups in total. The number of nitrogens with two attached hydrogens (primary N) is 1. The molecule has 8 nitrogen and oxygen atoms in total. The van der Waals surface area contributed by atoms with E-state index in [-0.39, 0.29) is 11.8 Å². The third kappa shape index (κ3) is 4.00. The molecule has 0 amide bonds. The summed E-state index contributed by atoms with van der Waals surface area (Å²) in [4.78, 5) is 19.3. The number of aryl methyl sites for hydroxylation is 1. The van der Waals surface area contributed by atoms with E-state index in [1.54, 1.807) is 24.4 Å². The van der Waals surface area contributed by atoms with Crippen LogP contribution in [0.25, 0.3) is 11.4 Å². The number of nitrogens with zero attached hydrogens (tertiary/aromatic N) is 5. The Balaban J connectivity index is 1.36. The minimum Gasteiger partial charge on any atom is -0.421 e. The molecule has 3 aromatic rings. The fraction of sp³-hybridized carbons (Fsp3) is 0.364. The van der Waals surface area contributed by atoms with E-state index in [9.17, 15) is 4.39 Å². The lowest BCUT2D eigenvalue weighted by Gasteiger charge is -2.53. The normalized spacial score (nSPS) is 17.4. The number of anilines is 2. The summed E-state index contributed by atoms with van der Waals surface area (Å²) in [5.41, 5.74) is 7.68. The molecule has 0 bridgehead atoms. The van der Waals surface area contributed by atoms with Crippen molar-refractivity contribution in [3.8, 4) is 23.1 Å². The van der Waals surface area contributed by atoms with Crippen molar-refractivity contribution in [1.29, 1.82) is 0 Å².